The Morgan fingerprint density at radius 2 is 2.40 bits per heavy atom. The Hall–Kier alpha value is -3.01. The van der Waals surface area contributed by atoms with Gasteiger partial charge < -0.3 is 19.9 Å². The Balaban J connectivity index is 1.78. The fourth-order valence-electron chi connectivity index (χ4n) is 2.94. The number of anilines is 1. The number of rotatable bonds is 4. The number of aromatic nitrogens is 2. The monoisotopic (exact) mass is 342 g/mol. The van der Waals surface area contributed by atoms with Gasteiger partial charge in [0.15, 0.2) is 0 Å². The summed E-state index contributed by atoms with van der Waals surface area (Å²) in [5.41, 5.74) is 0.380. The molecule has 1 aliphatic rings. The van der Waals surface area contributed by atoms with Crippen LogP contribution >= 0.6 is 0 Å². The number of nitrogens with one attached hydrogen (secondary N) is 2. The molecule has 0 saturated carbocycles. The summed E-state index contributed by atoms with van der Waals surface area (Å²) >= 11 is 0. The quantitative estimate of drug-likeness (QED) is 0.838. The van der Waals surface area contributed by atoms with E-state index >= 15 is 0 Å². The van der Waals surface area contributed by atoms with Gasteiger partial charge in [0.1, 0.15) is 24.0 Å². The first-order valence-electron chi connectivity index (χ1n) is 8.11. The number of likely N-dealkylation sites (tertiary alicyclic amines) is 1. The highest BCUT2D eigenvalue weighted by atomic mass is 19.1. The van der Waals surface area contributed by atoms with Crippen LogP contribution in [0.3, 0.4) is 0 Å². The van der Waals surface area contributed by atoms with Crippen LogP contribution in [0, 0.1) is 18.2 Å². The van der Waals surface area contributed by atoms with Crippen molar-refractivity contribution in [2.75, 3.05) is 18.5 Å². The number of carbonyl (C=O) groups excluding carboxylic acids is 1. The minimum Gasteiger partial charge on any atom is -0.479 e. The highest BCUT2D eigenvalue weighted by molar-refractivity contribution is 5.91. The first-order chi connectivity index (χ1) is 12.2. The third-order valence-electron chi connectivity index (χ3n) is 4.09. The van der Waals surface area contributed by atoms with Gasteiger partial charge in [0, 0.05) is 25.0 Å². The van der Waals surface area contributed by atoms with E-state index in [-0.39, 0.29) is 24.4 Å². The molecule has 25 heavy (non-hydrogen) atoms. The minimum atomic E-state index is -0.462. The predicted octanol–water partition coefficient (Wildman–Crippen LogP) is 3.32. The van der Waals surface area contributed by atoms with E-state index in [4.69, 9.17) is 11.2 Å². The first kappa shape index (κ1) is 16.8. The van der Waals surface area contributed by atoms with Gasteiger partial charge in [-0.1, -0.05) is 5.92 Å². The maximum atomic E-state index is 13.4. The summed E-state index contributed by atoms with van der Waals surface area (Å²) in [6.07, 6.45) is 11.4. The van der Waals surface area contributed by atoms with Gasteiger partial charge in [-0.05, 0) is 31.4 Å². The van der Waals surface area contributed by atoms with Gasteiger partial charge in [-0.2, -0.15) is 0 Å². The number of halogens is 1. The van der Waals surface area contributed by atoms with Gasteiger partial charge in [0.2, 0.25) is 0 Å². The molecule has 0 radical (unpaired) electrons. The van der Waals surface area contributed by atoms with Crippen LogP contribution in [0.4, 0.5) is 14.9 Å². The summed E-state index contributed by atoms with van der Waals surface area (Å²) in [6.45, 7) is 0.615. The summed E-state index contributed by atoms with van der Waals surface area (Å²) in [6, 6.07) is 3.54. The Labute approximate surface area is 145 Å². The van der Waals surface area contributed by atoms with Crippen molar-refractivity contribution in [3.8, 4) is 18.1 Å². The molecule has 0 aliphatic carbocycles. The molecule has 130 valence electrons. The Bertz CT molecular complexity index is 770. The van der Waals surface area contributed by atoms with Crippen LogP contribution in [0.2, 0.25) is 0 Å². The molecule has 7 heteroatoms. The third-order valence-corrected chi connectivity index (χ3v) is 4.09. The van der Waals surface area contributed by atoms with Crippen LogP contribution in [-0.2, 0) is 0 Å². The molecule has 2 N–H and O–H groups in total. The maximum absolute atomic E-state index is 13.4. The molecule has 2 heterocycles. The topological polar surface area (TPSA) is 70.2 Å². The van der Waals surface area contributed by atoms with Crippen LogP contribution in [0.1, 0.15) is 31.1 Å². The zero-order chi connectivity index (χ0) is 17.6. The fourth-order valence-corrected chi connectivity index (χ4v) is 2.94. The van der Waals surface area contributed by atoms with Crippen molar-refractivity contribution in [2.45, 2.75) is 25.3 Å². The van der Waals surface area contributed by atoms with Crippen molar-refractivity contribution < 1.29 is 13.9 Å². The van der Waals surface area contributed by atoms with E-state index in [1.54, 1.807) is 17.3 Å². The van der Waals surface area contributed by atoms with Crippen molar-refractivity contribution in [1.29, 1.82) is 0 Å². The average molecular weight is 342 g/mol. The lowest BCUT2D eigenvalue weighted by atomic mass is 10.0. The molecule has 1 atom stereocenters. The van der Waals surface area contributed by atoms with Gasteiger partial charge in [-0.15, -0.1) is 6.42 Å². The summed E-state index contributed by atoms with van der Waals surface area (Å²) < 4.78 is 18.8. The van der Waals surface area contributed by atoms with E-state index in [0.717, 1.165) is 25.1 Å². The molecule has 6 nitrogen and oxygen atoms in total. The van der Waals surface area contributed by atoms with Gasteiger partial charge in [-0.25, -0.2) is 14.2 Å². The molecule has 1 aromatic heterocycles. The first-order valence-corrected chi connectivity index (χ1v) is 8.11. The standard InChI is InChI=1S/C18H19FN4O2/c1-2-11-25-16-12-13(19)6-7-14(16)22-18(24)23-10-4-3-5-15(23)17-20-8-9-21-17/h1,6-9,12,15H,3-5,10-11H2,(H,20,21)(H,22,24)/t15-/m0/s1. The lowest BCUT2D eigenvalue weighted by molar-refractivity contribution is 0.159. The molecular formula is C18H19FN4O2. The zero-order valence-corrected chi connectivity index (χ0v) is 13.7. The second-order valence-corrected chi connectivity index (χ2v) is 5.74. The second kappa shape index (κ2) is 7.71. The minimum absolute atomic E-state index is 0.00887. The van der Waals surface area contributed by atoms with E-state index in [1.807, 2.05) is 0 Å². The van der Waals surface area contributed by atoms with Crippen LogP contribution in [0.25, 0.3) is 0 Å². The number of amides is 2. The number of H-pyrrole nitrogens is 1. The predicted molar refractivity (Wildman–Crippen MR) is 91.6 cm³/mol. The Morgan fingerprint density at radius 1 is 1.52 bits per heavy atom. The van der Waals surface area contributed by atoms with Crippen molar-refractivity contribution in [2.24, 2.45) is 0 Å². The SMILES string of the molecule is C#CCOc1cc(F)ccc1NC(=O)N1CCCC[C@H]1c1ncc[nH]1. The molecule has 2 aromatic rings. The van der Waals surface area contributed by atoms with Crippen molar-refractivity contribution in [3.05, 3.63) is 42.2 Å². The fraction of sp³-hybridized carbons (Fsp3) is 0.333. The van der Waals surface area contributed by atoms with Gasteiger partial charge >= 0.3 is 6.03 Å². The number of carbonyl (C=O) groups is 1. The number of imidazole rings is 1. The van der Waals surface area contributed by atoms with E-state index in [0.29, 0.717) is 12.2 Å². The largest absolute Gasteiger partial charge is 0.479 e. The lowest BCUT2D eigenvalue weighted by Gasteiger charge is -2.34. The highest BCUT2D eigenvalue weighted by Gasteiger charge is 2.30. The molecule has 0 bridgehead atoms. The Morgan fingerprint density at radius 3 is 3.16 bits per heavy atom. The zero-order valence-electron chi connectivity index (χ0n) is 13.7. The van der Waals surface area contributed by atoms with Crippen LogP contribution in [-0.4, -0.2) is 34.1 Å². The molecule has 3 rings (SSSR count). The Kier molecular flexibility index (Phi) is 5.19. The van der Waals surface area contributed by atoms with Crippen molar-refractivity contribution in [1.82, 2.24) is 14.9 Å². The number of hydrogen-bond acceptors (Lipinski definition) is 3. The summed E-state index contributed by atoms with van der Waals surface area (Å²) in [7, 11) is 0. The normalized spacial score (nSPS) is 17.0. The molecule has 1 aliphatic heterocycles. The number of nitrogens with zero attached hydrogens (tertiary/aromatic N) is 2. The summed E-state index contributed by atoms with van der Waals surface area (Å²) in [5, 5.41) is 2.79. The lowest BCUT2D eigenvalue weighted by Crippen LogP contribution is -2.41. The maximum Gasteiger partial charge on any atom is 0.322 e. The van der Waals surface area contributed by atoms with Crippen LogP contribution in [0.15, 0.2) is 30.6 Å². The number of urea groups is 1. The van der Waals surface area contributed by atoms with E-state index in [2.05, 4.69) is 21.2 Å². The van der Waals surface area contributed by atoms with Gasteiger partial charge in [0.25, 0.3) is 0 Å². The number of terminal acetylenes is 1. The number of benzene rings is 1. The smallest absolute Gasteiger partial charge is 0.322 e. The molecule has 1 fully saturated rings. The van der Waals surface area contributed by atoms with Gasteiger partial charge in [-0.3, -0.25) is 0 Å². The summed E-state index contributed by atoms with van der Waals surface area (Å²) in [4.78, 5) is 21.8. The second-order valence-electron chi connectivity index (χ2n) is 5.74. The number of ether oxygens (including phenoxy) is 1. The molecule has 1 aromatic carbocycles. The van der Waals surface area contributed by atoms with Crippen molar-refractivity contribution >= 4 is 11.7 Å². The van der Waals surface area contributed by atoms with Crippen LogP contribution in [0.5, 0.6) is 5.75 Å². The molecule has 1 saturated heterocycles. The number of hydrogen-bond donors (Lipinski definition) is 2. The third kappa shape index (κ3) is 3.91. The molecule has 2 amide bonds. The van der Waals surface area contributed by atoms with Crippen molar-refractivity contribution in [3.63, 3.8) is 0 Å². The van der Waals surface area contributed by atoms with E-state index < -0.39 is 5.82 Å². The molecule has 0 spiro atoms. The number of piperidine rings is 1. The highest BCUT2D eigenvalue weighted by Crippen LogP contribution is 2.31. The summed E-state index contributed by atoms with van der Waals surface area (Å²) in [5.74, 6) is 2.83. The number of aromatic amines is 1. The molecular weight excluding hydrogens is 323 g/mol. The van der Waals surface area contributed by atoms with E-state index in [9.17, 15) is 9.18 Å². The van der Waals surface area contributed by atoms with Crippen LogP contribution < -0.4 is 10.1 Å². The van der Waals surface area contributed by atoms with E-state index in [1.165, 1.54) is 18.2 Å². The van der Waals surface area contributed by atoms with Gasteiger partial charge in [0.05, 0.1) is 11.7 Å². The average Bonchev–Trinajstić information content (AvgIpc) is 3.16. The molecule has 0 unspecified atom stereocenters.